The molecule has 3 aliphatic heterocycles. The fourth-order valence-electron chi connectivity index (χ4n) is 9.33. The van der Waals surface area contributed by atoms with E-state index in [0.29, 0.717) is 50.8 Å². The van der Waals surface area contributed by atoms with Crippen molar-refractivity contribution in [3.63, 3.8) is 0 Å². The third-order valence-corrected chi connectivity index (χ3v) is 12.7. The maximum atomic E-state index is 14.0. The lowest BCUT2D eigenvalue weighted by molar-refractivity contribution is -0.138. The first-order chi connectivity index (χ1) is 30.3. The SMILES string of the molecule is COC[C@H]1C[C@@H](c2nc3ccc4cc5c(cc4c3[nH]2)OCc2cc(-c3cnc([C@@H]4C[C@H](C)CN4C(=O)C(NC(=O)OC)C(C)OC)[nH]3)ccc2-5)N(C(=O)C(NC(=O)O)C(C)OC)C1. The van der Waals surface area contributed by atoms with E-state index in [1.165, 1.54) is 21.3 Å². The van der Waals surface area contributed by atoms with Gasteiger partial charge < -0.3 is 59.2 Å². The monoisotopic (exact) mass is 866 g/mol. The first-order valence-corrected chi connectivity index (χ1v) is 21.1. The number of carbonyl (C=O) groups is 4. The van der Waals surface area contributed by atoms with Crippen LogP contribution in [-0.4, -0.2) is 131 Å². The van der Waals surface area contributed by atoms with Crippen LogP contribution in [0.3, 0.4) is 0 Å². The minimum Gasteiger partial charge on any atom is -0.488 e. The third kappa shape index (κ3) is 8.37. The second-order valence-corrected chi connectivity index (χ2v) is 16.8. The Labute approximate surface area is 364 Å². The van der Waals surface area contributed by atoms with E-state index < -0.39 is 48.4 Å². The summed E-state index contributed by atoms with van der Waals surface area (Å²) in [5.74, 6) is 1.56. The van der Waals surface area contributed by atoms with Crippen molar-refractivity contribution in [2.75, 3.05) is 48.1 Å². The fraction of sp³-hybridized carbons (Fsp3) is 0.467. The number of imidazole rings is 2. The number of carboxylic acid groups (broad SMARTS) is 1. The number of nitrogens with zero attached hydrogens (tertiary/aromatic N) is 4. The predicted octanol–water partition coefficient (Wildman–Crippen LogP) is 5.54. The summed E-state index contributed by atoms with van der Waals surface area (Å²) >= 11 is 0. The summed E-state index contributed by atoms with van der Waals surface area (Å²) in [5, 5.41) is 16.4. The molecule has 3 aromatic carbocycles. The average molecular weight is 867 g/mol. The maximum absolute atomic E-state index is 14.0. The molecule has 8 rings (SSSR count). The molecule has 4 amide bonds. The lowest BCUT2D eigenvalue weighted by Crippen LogP contribution is -2.54. The van der Waals surface area contributed by atoms with Gasteiger partial charge in [-0.2, -0.15) is 0 Å². The van der Waals surface area contributed by atoms with Crippen molar-refractivity contribution in [3.05, 3.63) is 65.9 Å². The molecule has 8 atom stereocenters. The number of alkyl carbamates (subject to hydrolysis) is 1. The molecule has 0 spiro atoms. The average Bonchev–Trinajstić information content (AvgIpc) is 4.11. The Morgan fingerprint density at radius 3 is 2.29 bits per heavy atom. The summed E-state index contributed by atoms with van der Waals surface area (Å²) in [4.78, 5) is 71.8. The van der Waals surface area contributed by atoms with Crippen molar-refractivity contribution in [3.8, 4) is 28.1 Å². The number of nitrogens with one attached hydrogen (secondary N) is 4. The largest absolute Gasteiger partial charge is 0.488 e. The quantitative estimate of drug-likeness (QED) is 0.0985. The molecule has 5 heterocycles. The number of fused-ring (bicyclic) bond motifs is 6. The molecule has 63 heavy (non-hydrogen) atoms. The van der Waals surface area contributed by atoms with Crippen molar-refractivity contribution in [2.24, 2.45) is 11.8 Å². The standard InChI is InChI=1S/C45H54N8O10/c1-22-12-34(52(18-22)43(55)38(24(3)61-6)51-45(58)62-7)40-46-17-33(48-40)27-8-10-29-28(14-27)21-63-36-16-30-26(15-31(29)36)9-11-32-39(30)49-41(47-32)35-13-25(20-59-4)19-53(35)42(54)37(23(2)60-5)50-44(56)57/h8-11,14-17,22-25,34-35,37-38,50H,12-13,18-21H2,1-7H3,(H,46,48)(H,47,49)(H,51,58)(H,56,57)/t22-,23?,24?,25-,34-,35-,37?,38?/m0/s1. The molecule has 0 aliphatic carbocycles. The number of H-pyrrole nitrogens is 2. The molecule has 2 fully saturated rings. The second kappa shape index (κ2) is 17.9. The van der Waals surface area contributed by atoms with Gasteiger partial charge in [-0.1, -0.05) is 25.1 Å². The van der Waals surface area contributed by atoms with E-state index in [1.54, 1.807) is 37.0 Å². The zero-order valence-electron chi connectivity index (χ0n) is 36.4. The number of aromatic amines is 2. The van der Waals surface area contributed by atoms with Gasteiger partial charge in [0.1, 0.15) is 36.1 Å². The summed E-state index contributed by atoms with van der Waals surface area (Å²) in [5.41, 5.74) is 6.26. The fourth-order valence-corrected chi connectivity index (χ4v) is 9.33. The number of methoxy groups -OCH3 is 4. The van der Waals surface area contributed by atoms with Crippen LogP contribution < -0.4 is 15.4 Å². The third-order valence-electron chi connectivity index (χ3n) is 12.7. The summed E-state index contributed by atoms with van der Waals surface area (Å²) in [6.45, 7) is 7.13. The predicted molar refractivity (Wildman–Crippen MR) is 231 cm³/mol. The molecular weight excluding hydrogens is 813 g/mol. The molecular formula is C45H54N8O10. The van der Waals surface area contributed by atoms with Gasteiger partial charge in [0.15, 0.2) is 0 Å². The van der Waals surface area contributed by atoms with E-state index in [-0.39, 0.29) is 23.8 Å². The van der Waals surface area contributed by atoms with Crippen LogP contribution in [0.1, 0.15) is 62.9 Å². The van der Waals surface area contributed by atoms with Crippen LogP contribution in [0.25, 0.3) is 44.2 Å². The van der Waals surface area contributed by atoms with Crippen molar-refractivity contribution >= 4 is 45.8 Å². The van der Waals surface area contributed by atoms with Gasteiger partial charge in [0.05, 0.1) is 60.9 Å². The van der Waals surface area contributed by atoms with Gasteiger partial charge in [-0.05, 0) is 78.9 Å². The van der Waals surface area contributed by atoms with Crippen molar-refractivity contribution in [1.82, 2.24) is 40.4 Å². The van der Waals surface area contributed by atoms with Gasteiger partial charge in [-0.25, -0.2) is 19.6 Å². The first kappa shape index (κ1) is 43.4. The highest BCUT2D eigenvalue weighted by molar-refractivity contribution is 6.07. The Kier molecular flexibility index (Phi) is 12.3. The van der Waals surface area contributed by atoms with Crippen LogP contribution in [-0.2, 0) is 35.1 Å². The summed E-state index contributed by atoms with van der Waals surface area (Å²) in [7, 11) is 5.81. The van der Waals surface area contributed by atoms with E-state index in [1.807, 2.05) is 24.3 Å². The zero-order valence-corrected chi connectivity index (χ0v) is 36.4. The van der Waals surface area contributed by atoms with Crippen LogP contribution in [0.15, 0.2) is 48.7 Å². The molecule has 3 aliphatic rings. The van der Waals surface area contributed by atoms with Gasteiger partial charge in [0.25, 0.3) is 0 Å². The van der Waals surface area contributed by atoms with Gasteiger partial charge in [0, 0.05) is 51.3 Å². The van der Waals surface area contributed by atoms with Gasteiger partial charge in [-0.15, -0.1) is 0 Å². The number of benzene rings is 3. The maximum Gasteiger partial charge on any atom is 0.407 e. The highest BCUT2D eigenvalue weighted by Gasteiger charge is 2.43. The smallest absolute Gasteiger partial charge is 0.407 e. The van der Waals surface area contributed by atoms with E-state index in [9.17, 15) is 24.3 Å². The molecule has 2 aromatic heterocycles. The van der Waals surface area contributed by atoms with E-state index in [2.05, 4.69) is 45.7 Å². The molecule has 2 saturated heterocycles. The van der Waals surface area contributed by atoms with E-state index in [4.69, 9.17) is 33.7 Å². The van der Waals surface area contributed by atoms with Gasteiger partial charge in [0.2, 0.25) is 11.8 Å². The minimum absolute atomic E-state index is 0.0206. The Morgan fingerprint density at radius 2 is 1.59 bits per heavy atom. The number of carbonyl (C=O) groups excluding carboxylic acids is 3. The number of hydrogen-bond donors (Lipinski definition) is 5. The lowest BCUT2D eigenvalue weighted by atomic mass is 9.92. The lowest BCUT2D eigenvalue weighted by Gasteiger charge is -2.30. The Bertz CT molecular complexity index is 2540. The number of amides is 4. The highest BCUT2D eigenvalue weighted by Crippen LogP contribution is 2.44. The Hall–Kier alpha value is -6.24. The van der Waals surface area contributed by atoms with Crippen molar-refractivity contribution in [2.45, 2.75) is 76.6 Å². The van der Waals surface area contributed by atoms with E-state index >= 15 is 0 Å². The molecule has 5 aromatic rings. The van der Waals surface area contributed by atoms with E-state index in [0.717, 1.165) is 55.5 Å². The number of rotatable bonds is 13. The van der Waals surface area contributed by atoms with Crippen molar-refractivity contribution in [1.29, 1.82) is 0 Å². The number of aromatic nitrogens is 4. The normalized spacial score (nSPS) is 21.3. The second-order valence-electron chi connectivity index (χ2n) is 16.8. The summed E-state index contributed by atoms with van der Waals surface area (Å²) in [6.07, 6.45) is -0.237. The Balaban J connectivity index is 1.05. The Morgan fingerprint density at radius 1 is 0.873 bits per heavy atom. The molecule has 334 valence electrons. The number of ether oxygens (including phenoxy) is 5. The molecule has 18 nitrogen and oxygen atoms in total. The van der Waals surface area contributed by atoms with Crippen LogP contribution in [0, 0.1) is 11.8 Å². The molecule has 18 heteroatoms. The van der Waals surface area contributed by atoms with Crippen LogP contribution >= 0.6 is 0 Å². The summed E-state index contributed by atoms with van der Waals surface area (Å²) in [6, 6.07) is 11.5. The topological polar surface area (TPSA) is 223 Å². The highest BCUT2D eigenvalue weighted by atomic mass is 16.5. The first-order valence-electron chi connectivity index (χ1n) is 21.1. The van der Waals surface area contributed by atoms with Gasteiger partial charge in [-0.3, -0.25) is 9.59 Å². The molecule has 0 radical (unpaired) electrons. The van der Waals surface area contributed by atoms with Gasteiger partial charge >= 0.3 is 12.2 Å². The van der Waals surface area contributed by atoms with Crippen LogP contribution in [0.4, 0.5) is 9.59 Å². The zero-order chi connectivity index (χ0) is 44.7. The molecule has 0 saturated carbocycles. The van der Waals surface area contributed by atoms with Crippen LogP contribution in [0.5, 0.6) is 5.75 Å². The van der Waals surface area contributed by atoms with Crippen LogP contribution in [0.2, 0.25) is 0 Å². The molecule has 0 bridgehead atoms. The number of hydrogen-bond acceptors (Lipinski definition) is 11. The molecule has 5 N–H and O–H groups in total. The minimum atomic E-state index is -1.31. The van der Waals surface area contributed by atoms with Crippen molar-refractivity contribution < 1.29 is 48.0 Å². The summed E-state index contributed by atoms with van der Waals surface area (Å²) < 4.78 is 27.5. The molecule has 4 unspecified atom stereocenters. The number of likely N-dealkylation sites (tertiary alicyclic amines) is 2.